The lowest BCUT2D eigenvalue weighted by Crippen LogP contribution is -2.51. The lowest BCUT2D eigenvalue weighted by atomic mass is 9.47. The molecule has 0 radical (unpaired) electrons. The van der Waals surface area contributed by atoms with Crippen molar-refractivity contribution < 1.29 is 14.6 Å². The molecule has 0 spiro atoms. The first kappa shape index (κ1) is 26.8. The Kier molecular flexibility index (Phi) is 7.47. The van der Waals surface area contributed by atoms with Crippen molar-refractivity contribution in [3.05, 3.63) is 11.6 Å². The molecule has 0 aromatic carbocycles. The topological polar surface area (TPSA) is 46.5 Å². The van der Waals surface area contributed by atoms with Crippen molar-refractivity contribution in [1.82, 2.24) is 0 Å². The Morgan fingerprint density at radius 2 is 1.83 bits per heavy atom. The number of allylic oxidation sites excluding steroid dienone is 1. The highest BCUT2D eigenvalue weighted by atomic mass is 16.5. The van der Waals surface area contributed by atoms with Crippen LogP contribution < -0.4 is 0 Å². The van der Waals surface area contributed by atoms with E-state index in [0.717, 1.165) is 68.1 Å². The number of hydrogen-bond donors (Lipinski definition) is 1. The molecule has 0 aliphatic heterocycles. The summed E-state index contributed by atoms with van der Waals surface area (Å²) in [5.74, 6) is 4.38. The lowest BCUT2D eigenvalue weighted by Gasteiger charge is -2.58. The minimum Gasteiger partial charge on any atom is -0.462 e. The van der Waals surface area contributed by atoms with Crippen molar-refractivity contribution in [2.75, 3.05) is 0 Å². The zero-order valence-electron chi connectivity index (χ0n) is 24.0. The molecule has 0 heterocycles. The molecule has 0 bridgehead atoms. The van der Waals surface area contributed by atoms with Crippen LogP contribution in [0.15, 0.2) is 11.6 Å². The lowest BCUT2D eigenvalue weighted by molar-refractivity contribution is -0.156. The Balaban J connectivity index is 1.23. The van der Waals surface area contributed by atoms with E-state index in [-0.39, 0.29) is 18.0 Å². The van der Waals surface area contributed by atoms with Crippen molar-refractivity contribution in [1.29, 1.82) is 0 Å². The van der Waals surface area contributed by atoms with Crippen molar-refractivity contribution in [2.24, 2.45) is 46.3 Å². The summed E-state index contributed by atoms with van der Waals surface area (Å²) in [6.45, 7) is 11.6. The van der Waals surface area contributed by atoms with E-state index in [4.69, 9.17) is 4.74 Å². The van der Waals surface area contributed by atoms with Gasteiger partial charge in [-0.1, -0.05) is 58.1 Å². The van der Waals surface area contributed by atoms with Crippen LogP contribution in [0.4, 0.5) is 0 Å². The van der Waals surface area contributed by atoms with Crippen LogP contribution in [0.1, 0.15) is 131 Å². The Morgan fingerprint density at radius 3 is 2.56 bits per heavy atom. The summed E-state index contributed by atoms with van der Waals surface area (Å²) in [4.78, 5) is 12.7. The number of aliphatic hydroxyl groups is 1. The average Bonchev–Trinajstić information content (AvgIpc) is 3.46. The zero-order chi connectivity index (χ0) is 25.7. The number of carbonyl (C=O) groups excluding carboxylic acids is 1. The molecule has 5 aliphatic carbocycles. The number of hydrogen-bond acceptors (Lipinski definition) is 3. The monoisotopic (exact) mass is 498 g/mol. The summed E-state index contributed by atoms with van der Waals surface area (Å²) < 4.78 is 6.09. The fourth-order valence-electron chi connectivity index (χ4n) is 10.2. The number of fused-ring (bicyclic) bond motifs is 5. The maximum Gasteiger partial charge on any atom is 0.309 e. The van der Waals surface area contributed by atoms with Gasteiger partial charge < -0.3 is 9.84 Å². The smallest absolute Gasteiger partial charge is 0.309 e. The SMILES string of the molecule is C[C@H](CCCC(C)(C)O)[C@H]1CC[C@H]2[C@@H]3CC=C4C[C@@H](OC(=O)C5CCCC5)CC[C@]4(C)[C@H]3CC[C@]12C. The summed E-state index contributed by atoms with van der Waals surface area (Å²) >= 11 is 0. The highest BCUT2D eigenvalue weighted by molar-refractivity contribution is 5.73. The van der Waals surface area contributed by atoms with Crippen LogP contribution in [0.2, 0.25) is 0 Å². The number of ether oxygens (including phenoxy) is 1. The first-order valence-corrected chi connectivity index (χ1v) is 15.6. The molecule has 204 valence electrons. The van der Waals surface area contributed by atoms with Crippen LogP contribution >= 0.6 is 0 Å². The molecule has 0 amide bonds. The highest BCUT2D eigenvalue weighted by Gasteiger charge is 2.59. The molecule has 5 rings (SSSR count). The van der Waals surface area contributed by atoms with E-state index in [0.29, 0.717) is 10.8 Å². The van der Waals surface area contributed by atoms with E-state index in [1.807, 2.05) is 13.8 Å². The van der Waals surface area contributed by atoms with Gasteiger partial charge in [0.1, 0.15) is 6.10 Å². The molecule has 3 nitrogen and oxygen atoms in total. The molecule has 1 N–H and O–H groups in total. The van der Waals surface area contributed by atoms with Crippen LogP contribution in [0.3, 0.4) is 0 Å². The van der Waals surface area contributed by atoms with Gasteiger partial charge in [0.15, 0.2) is 0 Å². The third kappa shape index (κ3) is 4.96. The third-order valence-electron chi connectivity index (χ3n) is 12.2. The molecule has 4 fully saturated rings. The molecule has 5 aliphatic rings. The van der Waals surface area contributed by atoms with Crippen LogP contribution in [0.25, 0.3) is 0 Å². The second-order valence-corrected chi connectivity index (χ2v) is 15.0. The molecule has 0 aromatic heterocycles. The summed E-state index contributed by atoms with van der Waals surface area (Å²) in [7, 11) is 0. The van der Waals surface area contributed by atoms with Gasteiger partial charge in [0.25, 0.3) is 0 Å². The zero-order valence-corrected chi connectivity index (χ0v) is 24.0. The Hall–Kier alpha value is -0.830. The van der Waals surface area contributed by atoms with Gasteiger partial charge in [0.05, 0.1) is 11.5 Å². The third-order valence-corrected chi connectivity index (χ3v) is 12.2. The second kappa shape index (κ2) is 10.0. The van der Waals surface area contributed by atoms with E-state index in [1.165, 1.54) is 57.8 Å². The van der Waals surface area contributed by atoms with Gasteiger partial charge in [0, 0.05) is 6.42 Å². The van der Waals surface area contributed by atoms with Crippen LogP contribution in [-0.2, 0) is 9.53 Å². The molecule has 36 heavy (non-hydrogen) atoms. The molecular weight excluding hydrogens is 444 g/mol. The van der Waals surface area contributed by atoms with Gasteiger partial charge >= 0.3 is 5.97 Å². The number of rotatable bonds is 7. The van der Waals surface area contributed by atoms with Crippen LogP contribution in [0, 0.1) is 46.3 Å². The van der Waals surface area contributed by atoms with E-state index >= 15 is 0 Å². The Morgan fingerprint density at radius 1 is 1.08 bits per heavy atom. The first-order valence-electron chi connectivity index (χ1n) is 15.6. The molecular formula is C33H54O3. The molecule has 0 aromatic rings. The van der Waals surface area contributed by atoms with E-state index in [2.05, 4.69) is 26.8 Å². The number of carbonyl (C=O) groups is 1. The first-order chi connectivity index (χ1) is 17.0. The minimum atomic E-state index is -0.532. The fourth-order valence-corrected chi connectivity index (χ4v) is 10.2. The molecule has 0 saturated heterocycles. The predicted octanol–water partition coefficient (Wildman–Crippen LogP) is 8.24. The van der Waals surface area contributed by atoms with Crippen molar-refractivity contribution >= 4 is 5.97 Å². The maximum atomic E-state index is 12.7. The van der Waals surface area contributed by atoms with E-state index in [1.54, 1.807) is 5.57 Å². The fraction of sp³-hybridized carbons (Fsp3) is 0.909. The van der Waals surface area contributed by atoms with E-state index < -0.39 is 5.60 Å². The van der Waals surface area contributed by atoms with Crippen LogP contribution in [-0.4, -0.2) is 22.8 Å². The van der Waals surface area contributed by atoms with Gasteiger partial charge in [-0.15, -0.1) is 0 Å². The normalized spacial score (nSPS) is 41.7. The average molecular weight is 499 g/mol. The van der Waals surface area contributed by atoms with Gasteiger partial charge in [-0.25, -0.2) is 0 Å². The highest BCUT2D eigenvalue weighted by Crippen LogP contribution is 2.67. The van der Waals surface area contributed by atoms with Crippen molar-refractivity contribution in [3.8, 4) is 0 Å². The van der Waals surface area contributed by atoms with Gasteiger partial charge in [-0.3, -0.25) is 4.79 Å². The van der Waals surface area contributed by atoms with Crippen molar-refractivity contribution in [3.63, 3.8) is 0 Å². The van der Waals surface area contributed by atoms with Crippen molar-refractivity contribution in [2.45, 2.75) is 143 Å². The summed E-state index contributed by atoms with van der Waals surface area (Å²) in [5, 5.41) is 10.2. The molecule has 4 saturated carbocycles. The Bertz CT molecular complexity index is 832. The number of esters is 1. The Labute approximate surface area is 221 Å². The van der Waals surface area contributed by atoms with Gasteiger partial charge in [-0.2, -0.15) is 0 Å². The van der Waals surface area contributed by atoms with E-state index in [9.17, 15) is 9.90 Å². The van der Waals surface area contributed by atoms with Gasteiger partial charge in [0.2, 0.25) is 0 Å². The summed E-state index contributed by atoms with van der Waals surface area (Å²) in [6, 6.07) is 0. The van der Waals surface area contributed by atoms with Gasteiger partial charge in [-0.05, 0) is 118 Å². The molecule has 3 heteroatoms. The van der Waals surface area contributed by atoms with Crippen LogP contribution in [0.5, 0.6) is 0 Å². The quantitative estimate of drug-likeness (QED) is 0.284. The maximum absolute atomic E-state index is 12.7. The second-order valence-electron chi connectivity index (χ2n) is 15.0. The largest absolute Gasteiger partial charge is 0.462 e. The summed E-state index contributed by atoms with van der Waals surface area (Å²) in [5.41, 5.74) is 1.90. The predicted molar refractivity (Wildman–Crippen MR) is 146 cm³/mol. The summed E-state index contributed by atoms with van der Waals surface area (Å²) in [6.07, 6.45) is 20.6. The minimum absolute atomic E-state index is 0.0949. The molecule has 8 atom stereocenters. The molecule has 0 unspecified atom stereocenters. The standard InChI is InChI=1S/C33H54O3/c1-22(9-8-18-31(2,3)35)27-14-15-28-26-13-12-24-21-25(36-30(34)23-10-6-7-11-23)16-19-32(24,4)29(26)17-20-33(27,28)5/h12,22-23,25-29,35H,6-11,13-21H2,1-5H3/t22-,25+,26+,27-,28+,29+,32+,33-/m1/s1.